The van der Waals surface area contributed by atoms with Gasteiger partial charge in [0.05, 0.1) is 6.10 Å². The summed E-state index contributed by atoms with van der Waals surface area (Å²) in [6.45, 7) is 0. The molecular weight excluding hydrogens is 127 g/mol. The van der Waals surface area contributed by atoms with Crippen LogP contribution in [-0.4, -0.2) is 13.2 Å². The second kappa shape index (κ2) is 2.62. The van der Waals surface area contributed by atoms with E-state index in [1.807, 2.05) is 0 Å². The third-order valence-electron chi connectivity index (χ3n) is 0.954. The maximum atomic E-state index is 10.4. The molecule has 1 rings (SSSR count). The lowest BCUT2D eigenvalue weighted by atomic mass is 10.9. The van der Waals surface area contributed by atoms with Gasteiger partial charge in [-0.1, -0.05) is 0 Å². The molecule has 0 N–H and O–H groups in total. The topological polar surface area (TPSA) is 35.5 Å². The smallest absolute Gasteiger partial charge is 0.314 e. The fraction of sp³-hybridized carbons (Fsp3) is 1.00. The summed E-state index contributed by atoms with van der Waals surface area (Å²) in [5.74, 6) is 0. The molecule has 4 heteroatoms. The van der Waals surface area contributed by atoms with Gasteiger partial charge in [0.1, 0.15) is 0 Å². The first-order valence-corrected chi connectivity index (χ1v) is 3.80. The van der Waals surface area contributed by atoms with Gasteiger partial charge in [0, 0.05) is 7.11 Å². The Balaban J connectivity index is 2.07. The van der Waals surface area contributed by atoms with E-state index in [4.69, 9.17) is 4.52 Å². The van der Waals surface area contributed by atoms with Crippen molar-refractivity contribution in [1.82, 2.24) is 0 Å². The van der Waals surface area contributed by atoms with Crippen molar-refractivity contribution >= 4 is 8.25 Å². The number of hydrogen-bond donors (Lipinski definition) is 0. The Morgan fingerprint density at radius 3 is 2.62 bits per heavy atom. The standard InChI is InChI=1S/C4H9O3P/c1-6-8(5)7-4-2-3-4/h4,8H,2-3H2,1H3. The minimum Gasteiger partial charge on any atom is -0.314 e. The Bertz CT molecular complexity index is 99.5. The van der Waals surface area contributed by atoms with E-state index in [1.165, 1.54) is 7.11 Å². The Kier molecular flexibility index (Phi) is 2.06. The summed E-state index contributed by atoms with van der Waals surface area (Å²) in [6.07, 6.45) is 2.32. The summed E-state index contributed by atoms with van der Waals surface area (Å²) in [7, 11) is -0.723. The lowest BCUT2D eigenvalue weighted by Gasteiger charge is -1.96. The molecule has 1 unspecified atom stereocenters. The summed E-state index contributed by atoms with van der Waals surface area (Å²) in [5.41, 5.74) is 0. The van der Waals surface area contributed by atoms with E-state index in [2.05, 4.69) is 4.52 Å². The first kappa shape index (κ1) is 6.27. The van der Waals surface area contributed by atoms with Crippen molar-refractivity contribution in [3.63, 3.8) is 0 Å². The molecule has 0 aliphatic heterocycles. The minimum atomic E-state index is -2.12. The zero-order valence-corrected chi connectivity index (χ0v) is 5.72. The average molecular weight is 136 g/mol. The van der Waals surface area contributed by atoms with Crippen LogP contribution in [0.25, 0.3) is 0 Å². The van der Waals surface area contributed by atoms with Crippen LogP contribution in [0.5, 0.6) is 0 Å². The van der Waals surface area contributed by atoms with Crippen LogP contribution in [0, 0.1) is 0 Å². The summed E-state index contributed by atoms with van der Waals surface area (Å²) in [5, 5.41) is 0. The molecule has 0 aromatic carbocycles. The van der Waals surface area contributed by atoms with Crippen LogP contribution in [0.2, 0.25) is 0 Å². The summed E-state index contributed by atoms with van der Waals surface area (Å²) >= 11 is 0. The molecule has 0 spiro atoms. The van der Waals surface area contributed by atoms with E-state index >= 15 is 0 Å². The van der Waals surface area contributed by atoms with E-state index in [1.54, 1.807) is 0 Å². The second-order valence-electron chi connectivity index (χ2n) is 1.77. The van der Waals surface area contributed by atoms with Crippen molar-refractivity contribution in [2.75, 3.05) is 7.11 Å². The van der Waals surface area contributed by atoms with Crippen LogP contribution in [0.15, 0.2) is 0 Å². The van der Waals surface area contributed by atoms with Crippen LogP contribution < -0.4 is 0 Å². The zero-order valence-electron chi connectivity index (χ0n) is 4.72. The minimum absolute atomic E-state index is 0.237. The maximum absolute atomic E-state index is 10.4. The van der Waals surface area contributed by atoms with Crippen molar-refractivity contribution in [1.29, 1.82) is 0 Å². The molecule has 1 atom stereocenters. The Hall–Kier alpha value is 0.150. The van der Waals surface area contributed by atoms with E-state index in [9.17, 15) is 4.57 Å². The molecule has 1 aliphatic rings. The SMILES string of the molecule is CO[PH](=O)OC1CC1. The van der Waals surface area contributed by atoms with Gasteiger partial charge in [-0.25, -0.2) is 0 Å². The van der Waals surface area contributed by atoms with Gasteiger partial charge in [0.15, 0.2) is 0 Å². The van der Waals surface area contributed by atoms with Gasteiger partial charge in [0.2, 0.25) is 0 Å². The van der Waals surface area contributed by atoms with E-state index < -0.39 is 8.25 Å². The molecule has 1 fully saturated rings. The highest BCUT2D eigenvalue weighted by atomic mass is 31.1. The van der Waals surface area contributed by atoms with Crippen molar-refractivity contribution in [2.24, 2.45) is 0 Å². The predicted octanol–water partition coefficient (Wildman–Crippen LogP) is 1.20. The van der Waals surface area contributed by atoms with Crippen molar-refractivity contribution in [3.8, 4) is 0 Å². The lowest BCUT2D eigenvalue weighted by Crippen LogP contribution is -1.81. The highest BCUT2D eigenvalue weighted by molar-refractivity contribution is 7.33. The quantitative estimate of drug-likeness (QED) is 0.547. The summed E-state index contributed by atoms with van der Waals surface area (Å²) < 4.78 is 19.7. The monoisotopic (exact) mass is 136 g/mol. The molecule has 0 saturated heterocycles. The number of hydrogen-bond acceptors (Lipinski definition) is 3. The highest BCUT2D eigenvalue weighted by Crippen LogP contribution is 2.35. The van der Waals surface area contributed by atoms with Gasteiger partial charge in [-0.2, -0.15) is 0 Å². The van der Waals surface area contributed by atoms with Crippen LogP contribution in [0.1, 0.15) is 12.8 Å². The van der Waals surface area contributed by atoms with Crippen LogP contribution >= 0.6 is 8.25 Å². The fourth-order valence-electron chi connectivity index (χ4n) is 0.370. The lowest BCUT2D eigenvalue weighted by molar-refractivity contribution is 0.247. The molecule has 8 heavy (non-hydrogen) atoms. The third kappa shape index (κ3) is 1.95. The van der Waals surface area contributed by atoms with Crippen LogP contribution in [0.3, 0.4) is 0 Å². The Morgan fingerprint density at radius 1 is 1.62 bits per heavy atom. The number of rotatable bonds is 3. The molecule has 0 aromatic rings. The Morgan fingerprint density at radius 2 is 2.25 bits per heavy atom. The fourth-order valence-corrected chi connectivity index (χ4v) is 0.974. The van der Waals surface area contributed by atoms with Crippen molar-refractivity contribution < 1.29 is 13.6 Å². The van der Waals surface area contributed by atoms with Gasteiger partial charge >= 0.3 is 8.25 Å². The molecule has 1 aliphatic carbocycles. The first-order valence-electron chi connectivity index (χ1n) is 2.57. The average Bonchev–Trinajstić information content (AvgIpc) is 2.50. The molecule has 0 radical (unpaired) electrons. The van der Waals surface area contributed by atoms with E-state index in [0.717, 1.165) is 12.8 Å². The van der Waals surface area contributed by atoms with Gasteiger partial charge in [0.25, 0.3) is 0 Å². The normalized spacial score (nSPS) is 23.1. The third-order valence-corrected chi connectivity index (χ3v) is 1.81. The molecule has 0 heterocycles. The Labute approximate surface area is 48.9 Å². The van der Waals surface area contributed by atoms with Gasteiger partial charge in [-0.15, -0.1) is 0 Å². The van der Waals surface area contributed by atoms with Gasteiger partial charge in [-0.05, 0) is 12.8 Å². The maximum Gasteiger partial charge on any atom is 0.319 e. The zero-order chi connectivity index (χ0) is 5.98. The molecule has 3 nitrogen and oxygen atoms in total. The second-order valence-corrected chi connectivity index (χ2v) is 2.92. The molecule has 0 amide bonds. The van der Waals surface area contributed by atoms with Crippen LogP contribution in [0.4, 0.5) is 0 Å². The largest absolute Gasteiger partial charge is 0.319 e. The van der Waals surface area contributed by atoms with Crippen molar-refractivity contribution in [2.45, 2.75) is 18.9 Å². The summed E-state index contributed by atoms with van der Waals surface area (Å²) in [4.78, 5) is 0. The van der Waals surface area contributed by atoms with Crippen LogP contribution in [-0.2, 0) is 13.6 Å². The molecular formula is C4H9O3P. The van der Waals surface area contributed by atoms with E-state index in [0.29, 0.717) is 0 Å². The molecule has 48 valence electrons. The van der Waals surface area contributed by atoms with Gasteiger partial charge < -0.3 is 9.05 Å². The summed E-state index contributed by atoms with van der Waals surface area (Å²) in [6, 6.07) is 0. The predicted molar refractivity (Wildman–Crippen MR) is 30.1 cm³/mol. The first-order chi connectivity index (χ1) is 3.83. The highest BCUT2D eigenvalue weighted by Gasteiger charge is 2.24. The van der Waals surface area contributed by atoms with Gasteiger partial charge in [-0.3, -0.25) is 4.57 Å². The molecule has 0 bridgehead atoms. The van der Waals surface area contributed by atoms with Crippen molar-refractivity contribution in [3.05, 3.63) is 0 Å². The molecule has 0 aromatic heterocycles. The molecule has 1 saturated carbocycles. The van der Waals surface area contributed by atoms with E-state index in [-0.39, 0.29) is 6.10 Å².